The van der Waals surface area contributed by atoms with Gasteiger partial charge in [-0.15, -0.1) is 11.3 Å². The number of aromatic nitrogens is 1. The molecule has 0 saturated heterocycles. The fraction of sp³-hybridized carbons (Fsp3) is 0.733. The number of hydrogen-bond acceptors (Lipinski definition) is 4. The van der Waals surface area contributed by atoms with Crippen LogP contribution in [-0.4, -0.2) is 28.9 Å². The summed E-state index contributed by atoms with van der Waals surface area (Å²) in [5, 5.41) is 1.03. The van der Waals surface area contributed by atoms with Gasteiger partial charge in [0.25, 0.3) is 0 Å². The van der Waals surface area contributed by atoms with E-state index in [1.807, 2.05) is 20.2 Å². The lowest BCUT2D eigenvalue weighted by atomic mass is 9.85. The summed E-state index contributed by atoms with van der Waals surface area (Å²) in [7, 11) is 1.83. The summed E-state index contributed by atoms with van der Waals surface area (Å²) in [6.45, 7) is 2.59. The number of rotatable bonds is 5. The molecule has 1 unspecified atom stereocenters. The summed E-state index contributed by atoms with van der Waals surface area (Å²) >= 11 is 1.64. The predicted molar refractivity (Wildman–Crippen MR) is 82.5 cm³/mol. The monoisotopic (exact) mass is 295 g/mol. The lowest BCUT2D eigenvalue weighted by Crippen LogP contribution is -2.42. The topological polar surface area (TPSA) is 59.2 Å². The van der Waals surface area contributed by atoms with Crippen molar-refractivity contribution in [2.75, 3.05) is 7.05 Å². The molecule has 1 saturated carbocycles. The quantitative estimate of drug-likeness (QED) is 0.908. The molecular formula is C15H25N3OS. The van der Waals surface area contributed by atoms with E-state index < -0.39 is 0 Å². The summed E-state index contributed by atoms with van der Waals surface area (Å²) in [6, 6.07) is -0.350. The van der Waals surface area contributed by atoms with Crippen LogP contribution >= 0.6 is 11.3 Å². The molecule has 5 heteroatoms. The second kappa shape index (κ2) is 7.18. The van der Waals surface area contributed by atoms with Crippen molar-refractivity contribution in [3.63, 3.8) is 0 Å². The third-order valence-corrected chi connectivity index (χ3v) is 4.97. The molecule has 1 aliphatic rings. The van der Waals surface area contributed by atoms with E-state index in [4.69, 9.17) is 5.73 Å². The zero-order valence-electron chi connectivity index (χ0n) is 12.5. The summed E-state index contributed by atoms with van der Waals surface area (Å²) in [6.07, 6.45) is 9.08. The highest BCUT2D eigenvalue weighted by molar-refractivity contribution is 7.11. The van der Waals surface area contributed by atoms with Crippen molar-refractivity contribution in [2.24, 2.45) is 11.7 Å². The maximum atomic E-state index is 12.3. The Bertz CT molecular complexity index is 440. The first-order valence-corrected chi connectivity index (χ1v) is 8.29. The number of hydrogen-bond donors (Lipinski definition) is 1. The molecule has 1 heterocycles. The average Bonchev–Trinajstić information content (AvgIpc) is 2.84. The van der Waals surface area contributed by atoms with Crippen molar-refractivity contribution in [3.8, 4) is 0 Å². The molecule has 0 radical (unpaired) electrons. The minimum atomic E-state index is -0.350. The van der Waals surface area contributed by atoms with Gasteiger partial charge < -0.3 is 10.6 Å². The van der Waals surface area contributed by atoms with Crippen molar-refractivity contribution in [1.29, 1.82) is 0 Å². The van der Waals surface area contributed by atoms with Gasteiger partial charge in [0.2, 0.25) is 5.91 Å². The number of carbonyl (C=O) groups excluding carboxylic acids is 1. The van der Waals surface area contributed by atoms with E-state index in [-0.39, 0.29) is 11.9 Å². The van der Waals surface area contributed by atoms with E-state index in [2.05, 4.69) is 4.98 Å². The van der Waals surface area contributed by atoms with Crippen LogP contribution in [0.15, 0.2) is 6.20 Å². The number of likely N-dealkylation sites (N-methyl/N-ethyl adjacent to an activating group) is 1. The molecule has 0 spiro atoms. The van der Waals surface area contributed by atoms with Crippen LogP contribution in [0.3, 0.4) is 0 Å². The van der Waals surface area contributed by atoms with Gasteiger partial charge in [-0.3, -0.25) is 4.79 Å². The molecule has 1 atom stereocenters. The van der Waals surface area contributed by atoms with E-state index >= 15 is 0 Å². The van der Waals surface area contributed by atoms with Crippen LogP contribution in [0.2, 0.25) is 0 Å². The first kappa shape index (κ1) is 15.4. The van der Waals surface area contributed by atoms with Crippen LogP contribution < -0.4 is 5.73 Å². The number of thiazole rings is 1. The van der Waals surface area contributed by atoms with Crippen LogP contribution in [0.5, 0.6) is 0 Å². The van der Waals surface area contributed by atoms with Crippen molar-refractivity contribution >= 4 is 17.2 Å². The molecule has 2 N–H and O–H groups in total. The summed E-state index contributed by atoms with van der Waals surface area (Å²) < 4.78 is 0. The Morgan fingerprint density at radius 1 is 1.50 bits per heavy atom. The van der Waals surface area contributed by atoms with Gasteiger partial charge in [-0.1, -0.05) is 32.1 Å². The highest BCUT2D eigenvalue weighted by Crippen LogP contribution is 2.27. The first-order valence-electron chi connectivity index (χ1n) is 7.48. The summed E-state index contributed by atoms with van der Waals surface area (Å²) in [4.78, 5) is 19.4. The molecule has 4 nitrogen and oxygen atoms in total. The Balaban J connectivity index is 1.82. The van der Waals surface area contributed by atoms with Gasteiger partial charge in [-0.25, -0.2) is 4.98 Å². The number of amides is 1. The molecule has 112 valence electrons. The highest BCUT2D eigenvalue weighted by Gasteiger charge is 2.23. The van der Waals surface area contributed by atoms with Crippen molar-refractivity contribution in [3.05, 3.63) is 16.1 Å². The first-order chi connectivity index (χ1) is 9.56. The van der Waals surface area contributed by atoms with Crippen LogP contribution in [0.4, 0.5) is 0 Å². The van der Waals surface area contributed by atoms with Gasteiger partial charge in [-0.05, 0) is 19.3 Å². The van der Waals surface area contributed by atoms with Crippen molar-refractivity contribution in [1.82, 2.24) is 9.88 Å². The average molecular weight is 295 g/mol. The minimum absolute atomic E-state index is 0.0571. The largest absolute Gasteiger partial charge is 0.339 e. The normalized spacial score (nSPS) is 17.9. The zero-order chi connectivity index (χ0) is 14.5. The zero-order valence-corrected chi connectivity index (χ0v) is 13.3. The van der Waals surface area contributed by atoms with E-state index in [1.165, 1.54) is 32.1 Å². The lowest BCUT2D eigenvalue weighted by molar-refractivity contribution is -0.132. The fourth-order valence-corrected chi connectivity index (χ4v) is 3.80. The molecule has 1 aromatic rings. The second-order valence-electron chi connectivity index (χ2n) is 5.89. The van der Waals surface area contributed by atoms with Gasteiger partial charge in [0.05, 0.1) is 17.6 Å². The Labute approximate surface area is 125 Å². The van der Waals surface area contributed by atoms with Gasteiger partial charge in [-0.2, -0.15) is 0 Å². The standard InChI is InChI=1S/C15H25N3OS/c1-11-17-9-13(20-11)10-18(2)15(19)14(16)8-12-6-4-3-5-7-12/h9,12,14H,3-8,10,16H2,1-2H3. The van der Waals surface area contributed by atoms with E-state index in [0.717, 1.165) is 16.3 Å². The molecule has 0 bridgehead atoms. The van der Waals surface area contributed by atoms with E-state index in [9.17, 15) is 4.79 Å². The molecule has 0 aromatic carbocycles. The van der Waals surface area contributed by atoms with Gasteiger partial charge in [0.15, 0.2) is 0 Å². The smallest absolute Gasteiger partial charge is 0.239 e. The molecule has 1 amide bonds. The van der Waals surface area contributed by atoms with Gasteiger partial charge in [0, 0.05) is 18.1 Å². The maximum absolute atomic E-state index is 12.3. The Kier molecular flexibility index (Phi) is 5.54. The van der Waals surface area contributed by atoms with Crippen LogP contribution in [0.25, 0.3) is 0 Å². The summed E-state index contributed by atoms with van der Waals surface area (Å²) in [5.74, 6) is 0.698. The third kappa shape index (κ3) is 4.28. The Morgan fingerprint density at radius 2 is 2.20 bits per heavy atom. The molecule has 1 aliphatic carbocycles. The number of nitrogens with zero attached hydrogens (tertiary/aromatic N) is 2. The van der Waals surface area contributed by atoms with E-state index in [1.54, 1.807) is 16.2 Å². The van der Waals surface area contributed by atoms with Crippen LogP contribution in [-0.2, 0) is 11.3 Å². The Hall–Kier alpha value is -0.940. The fourth-order valence-electron chi connectivity index (χ4n) is 2.96. The van der Waals surface area contributed by atoms with Gasteiger partial charge >= 0.3 is 0 Å². The number of aryl methyl sites for hydroxylation is 1. The predicted octanol–water partition coefficient (Wildman–Crippen LogP) is 2.71. The van der Waals surface area contributed by atoms with Crippen molar-refractivity contribution < 1.29 is 4.79 Å². The molecule has 2 rings (SSSR count). The summed E-state index contributed by atoms with van der Waals surface area (Å²) in [5.41, 5.74) is 6.10. The molecule has 20 heavy (non-hydrogen) atoms. The van der Waals surface area contributed by atoms with Crippen LogP contribution in [0, 0.1) is 12.8 Å². The number of nitrogens with two attached hydrogens (primary N) is 1. The van der Waals surface area contributed by atoms with E-state index in [0.29, 0.717) is 12.5 Å². The third-order valence-electron chi connectivity index (χ3n) is 4.07. The molecule has 0 aliphatic heterocycles. The van der Waals surface area contributed by atoms with Gasteiger partial charge in [0.1, 0.15) is 0 Å². The molecular weight excluding hydrogens is 270 g/mol. The highest BCUT2D eigenvalue weighted by atomic mass is 32.1. The molecule has 1 aromatic heterocycles. The molecule has 1 fully saturated rings. The lowest BCUT2D eigenvalue weighted by Gasteiger charge is -2.26. The van der Waals surface area contributed by atoms with Crippen molar-refractivity contribution in [2.45, 2.75) is 58.0 Å². The SMILES string of the molecule is Cc1ncc(CN(C)C(=O)C(N)CC2CCCCC2)s1. The number of carbonyl (C=O) groups is 1. The van der Waals surface area contributed by atoms with Crippen LogP contribution in [0.1, 0.15) is 48.4 Å². The minimum Gasteiger partial charge on any atom is -0.339 e. The Morgan fingerprint density at radius 3 is 2.80 bits per heavy atom. The maximum Gasteiger partial charge on any atom is 0.239 e. The second-order valence-corrected chi connectivity index (χ2v) is 7.21.